The monoisotopic (exact) mass is 429 g/mol. The van der Waals surface area contributed by atoms with Gasteiger partial charge >= 0.3 is 0 Å². The Hall–Kier alpha value is -3.93. The molecule has 0 radical (unpaired) electrons. The molecule has 3 amide bonds. The van der Waals surface area contributed by atoms with E-state index in [-0.39, 0.29) is 17.7 Å². The van der Waals surface area contributed by atoms with Crippen molar-refractivity contribution in [2.45, 2.75) is 26.7 Å². The van der Waals surface area contributed by atoms with Crippen molar-refractivity contribution in [1.29, 1.82) is 0 Å². The maximum Gasteiger partial charge on any atom is 0.255 e. The molecule has 6 nitrogen and oxygen atoms in total. The van der Waals surface area contributed by atoms with E-state index in [1.54, 1.807) is 66.7 Å². The molecular weight excluding hydrogens is 402 g/mol. The number of hydrogen-bond acceptors (Lipinski definition) is 3. The van der Waals surface area contributed by atoms with Gasteiger partial charge in [0.25, 0.3) is 17.7 Å². The Morgan fingerprint density at radius 1 is 0.719 bits per heavy atom. The van der Waals surface area contributed by atoms with Crippen molar-refractivity contribution in [3.05, 3.63) is 95.1 Å². The van der Waals surface area contributed by atoms with Gasteiger partial charge in [-0.15, -0.1) is 0 Å². The van der Waals surface area contributed by atoms with E-state index in [1.807, 2.05) is 13.0 Å². The van der Waals surface area contributed by atoms with E-state index < -0.39 is 0 Å². The van der Waals surface area contributed by atoms with Crippen molar-refractivity contribution in [3.63, 3.8) is 0 Å². The zero-order valence-electron chi connectivity index (χ0n) is 18.3. The topological polar surface area (TPSA) is 87.3 Å². The highest BCUT2D eigenvalue weighted by molar-refractivity contribution is 6.10. The fourth-order valence-electron chi connectivity index (χ4n) is 3.14. The lowest BCUT2D eigenvalue weighted by Crippen LogP contribution is -2.26. The fraction of sp³-hybridized carbons (Fsp3) is 0.192. The summed E-state index contributed by atoms with van der Waals surface area (Å²) in [6.45, 7) is 4.50. The van der Waals surface area contributed by atoms with E-state index in [2.05, 4.69) is 22.9 Å². The molecule has 0 saturated carbocycles. The van der Waals surface area contributed by atoms with Crippen LogP contribution in [0.4, 0.5) is 11.4 Å². The lowest BCUT2D eigenvalue weighted by molar-refractivity contribution is 0.0953. The number of aryl methyl sites for hydroxylation is 1. The SMILES string of the molecule is CCCCNC(=O)c1ccccc1NC(=O)c1ccc(C)c(NC(=O)c2ccccc2)c1. The van der Waals surface area contributed by atoms with Gasteiger partial charge in [-0.3, -0.25) is 14.4 Å². The smallest absolute Gasteiger partial charge is 0.255 e. The molecule has 0 atom stereocenters. The average molecular weight is 430 g/mol. The van der Waals surface area contributed by atoms with Gasteiger partial charge in [-0.2, -0.15) is 0 Å². The van der Waals surface area contributed by atoms with Crippen LogP contribution >= 0.6 is 0 Å². The van der Waals surface area contributed by atoms with Crippen molar-refractivity contribution in [1.82, 2.24) is 5.32 Å². The van der Waals surface area contributed by atoms with Crippen LogP contribution in [-0.4, -0.2) is 24.3 Å². The highest BCUT2D eigenvalue weighted by atomic mass is 16.2. The minimum absolute atomic E-state index is 0.228. The number of benzene rings is 3. The van der Waals surface area contributed by atoms with Gasteiger partial charge < -0.3 is 16.0 Å². The van der Waals surface area contributed by atoms with E-state index in [0.717, 1.165) is 18.4 Å². The molecule has 3 aromatic rings. The molecule has 164 valence electrons. The number of nitrogens with one attached hydrogen (secondary N) is 3. The zero-order chi connectivity index (χ0) is 22.9. The van der Waals surface area contributed by atoms with E-state index in [4.69, 9.17) is 0 Å². The first-order valence-corrected chi connectivity index (χ1v) is 10.6. The van der Waals surface area contributed by atoms with E-state index in [0.29, 0.717) is 34.6 Å². The predicted octanol–water partition coefficient (Wildman–Crippen LogP) is 5.03. The molecule has 3 aromatic carbocycles. The van der Waals surface area contributed by atoms with Gasteiger partial charge in [0, 0.05) is 23.4 Å². The Kier molecular flexibility index (Phi) is 7.75. The molecule has 0 fully saturated rings. The van der Waals surface area contributed by atoms with Crippen molar-refractivity contribution in [2.75, 3.05) is 17.2 Å². The number of carbonyl (C=O) groups is 3. The summed E-state index contributed by atoms with van der Waals surface area (Å²) >= 11 is 0. The van der Waals surface area contributed by atoms with Crippen molar-refractivity contribution in [2.24, 2.45) is 0 Å². The summed E-state index contributed by atoms with van der Waals surface area (Å²) in [4.78, 5) is 37.9. The summed E-state index contributed by atoms with van der Waals surface area (Å²) in [6.07, 6.45) is 1.87. The number of unbranched alkanes of at least 4 members (excludes halogenated alkanes) is 1. The molecule has 0 aliphatic rings. The van der Waals surface area contributed by atoms with Crippen LogP contribution in [0.3, 0.4) is 0 Å². The molecule has 0 bridgehead atoms. The summed E-state index contributed by atoms with van der Waals surface area (Å²) in [5.74, 6) is -0.844. The summed E-state index contributed by atoms with van der Waals surface area (Å²) in [5.41, 5.74) is 3.13. The normalized spacial score (nSPS) is 10.3. The average Bonchev–Trinajstić information content (AvgIpc) is 2.81. The summed E-state index contributed by atoms with van der Waals surface area (Å²) in [6, 6.07) is 20.9. The molecular formula is C26H27N3O3. The van der Waals surface area contributed by atoms with Gasteiger partial charge in [0.15, 0.2) is 0 Å². The van der Waals surface area contributed by atoms with Crippen molar-refractivity contribution in [3.8, 4) is 0 Å². The maximum atomic E-state index is 12.9. The molecule has 32 heavy (non-hydrogen) atoms. The van der Waals surface area contributed by atoms with Gasteiger partial charge in [-0.25, -0.2) is 0 Å². The summed E-state index contributed by atoms with van der Waals surface area (Å²) < 4.78 is 0. The highest BCUT2D eigenvalue weighted by Crippen LogP contribution is 2.21. The van der Waals surface area contributed by atoms with Gasteiger partial charge in [0.1, 0.15) is 0 Å². The molecule has 6 heteroatoms. The number of hydrogen-bond donors (Lipinski definition) is 3. The second-order valence-corrected chi connectivity index (χ2v) is 7.46. The Balaban J connectivity index is 1.76. The number of rotatable bonds is 8. The standard InChI is InChI=1S/C26H27N3O3/c1-3-4-16-27-26(32)21-12-8-9-13-22(21)28-25(31)20-15-14-18(2)23(17-20)29-24(30)19-10-6-5-7-11-19/h5-15,17H,3-4,16H2,1-2H3,(H,27,32)(H,28,31)(H,29,30). The van der Waals surface area contributed by atoms with Gasteiger partial charge in [0.05, 0.1) is 11.3 Å². The van der Waals surface area contributed by atoms with Gasteiger partial charge in [0.2, 0.25) is 0 Å². The molecule has 0 saturated heterocycles. The van der Waals surface area contributed by atoms with Crippen molar-refractivity contribution >= 4 is 29.1 Å². The van der Waals surface area contributed by atoms with Crippen LogP contribution in [0.2, 0.25) is 0 Å². The Morgan fingerprint density at radius 3 is 2.12 bits per heavy atom. The Bertz CT molecular complexity index is 1110. The second kappa shape index (κ2) is 10.9. The number of para-hydroxylation sites is 1. The highest BCUT2D eigenvalue weighted by Gasteiger charge is 2.15. The molecule has 0 heterocycles. The molecule has 0 aromatic heterocycles. The van der Waals surface area contributed by atoms with Crippen molar-refractivity contribution < 1.29 is 14.4 Å². The molecule has 0 spiro atoms. The van der Waals surface area contributed by atoms with Gasteiger partial charge in [-0.05, 0) is 55.3 Å². The quantitative estimate of drug-likeness (QED) is 0.439. The summed E-state index contributed by atoms with van der Waals surface area (Å²) in [7, 11) is 0. The number of carbonyl (C=O) groups excluding carboxylic acids is 3. The number of amides is 3. The summed E-state index contributed by atoms with van der Waals surface area (Å²) in [5, 5.41) is 8.55. The molecule has 0 unspecified atom stereocenters. The van der Waals surface area contributed by atoms with Crippen LogP contribution in [0.5, 0.6) is 0 Å². The first-order valence-electron chi connectivity index (χ1n) is 10.6. The first kappa shape index (κ1) is 22.7. The third-order valence-electron chi connectivity index (χ3n) is 5.02. The largest absolute Gasteiger partial charge is 0.352 e. The lowest BCUT2D eigenvalue weighted by Gasteiger charge is -2.13. The van der Waals surface area contributed by atoms with Crippen LogP contribution in [-0.2, 0) is 0 Å². The van der Waals surface area contributed by atoms with E-state index in [1.165, 1.54) is 0 Å². The Labute approximate surface area is 188 Å². The van der Waals surface area contributed by atoms with Crippen LogP contribution in [0, 0.1) is 6.92 Å². The Morgan fingerprint density at radius 2 is 1.38 bits per heavy atom. The molecule has 0 aliphatic heterocycles. The minimum Gasteiger partial charge on any atom is -0.352 e. The van der Waals surface area contributed by atoms with Crippen LogP contribution in [0.25, 0.3) is 0 Å². The third kappa shape index (κ3) is 5.82. The third-order valence-corrected chi connectivity index (χ3v) is 5.02. The lowest BCUT2D eigenvalue weighted by atomic mass is 10.1. The maximum absolute atomic E-state index is 12.9. The van der Waals surface area contributed by atoms with Gasteiger partial charge in [-0.1, -0.05) is 49.7 Å². The van der Waals surface area contributed by atoms with Crippen LogP contribution in [0.15, 0.2) is 72.8 Å². The fourth-order valence-corrected chi connectivity index (χ4v) is 3.14. The predicted molar refractivity (Wildman–Crippen MR) is 127 cm³/mol. The second-order valence-electron chi connectivity index (χ2n) is 7.46. The first-order chi connectivity index (χ1) is 15.5. The minimum atomic E-state index is -0.367. The van der Waals surface area contributed by atoms with Crippen LogP contribution < -0.4 is 16.0 Å². The van der Waals surface area contributed by atoms with E-state index >= 15 is 0 Å². The molecule has 0 aliphatic carbocycles. The zero-order valence-corrected chi connectivity index (χ0v) is 18.3. The molecule has 3 rings (SSSR count). The van der Waals surface area contributed by atoms with E-state index in [9.17, 15) is 14.4 Å². The number of anilines is 2. The van der Waals surface area contributed by atoms with Crippen LogP contribution in [0.1, 0.15) is 56.4 Å². The molecule has 3 N–H and O–H groups in total.